The minimum Gasteiger partial charge on any atom is -0.299 e. The third-order valence-electron chi connectivity index (χ3n) is 17.9. The number of unbranched alkanes of at least 4 members (excludes halogenated alkanes) is 58. The van der Waals surface area contributed by atoms with E-state index in [2.05, 4.69) is 27.7 Å². The Kier molecular flexibility index (Phi) is 66.6. The molecule has 2 atom stereocenters. The van der Waals surface area contributed by atoms with Crippen molar-refractivity contribution in [1.29, 1.82) is 0 Å². The van der Waals surface area contributed by atoms with Gasteiger partial charge in [0.15, 0.2) is 0 Å². The average molecular weight is 1040 g/mol. The van der Waals surface area contributed by atoms with Crippen molar-refractivity contribution in [2.24, 2.45) is 11.8 Å². The number of carbonyl (C=O) groups excluding carboxylic acids is 1. The molecule has 74 heavy (non-hydrogen) atoms. The molecule has 0 aliphatic carbocycles. The summed E-state index contributed by atoms with van der Waals surface area (Å²) in [6, 6.07) is 0. The minimum absolute atomic E-state index is 0.339. The monoisotopic (exact) mass is 1040 g/mol. The standard InChI is InChI=1S/C73H146O/c1-5-9-13-17-21-25-29-33-35-37-39-41-43-45-49-53-57-61-65-69-71(67-63-59-55-51-47-31-27-23-19-15-11-7-3)73(74)72(68-64-60-56-52-48-32-28-24-20-16-12-8-4)70-66-62-58-54-50-46-44-42-40-38-36-34-30-26-22-18-14-10-6-2/h71-72H,5-70H2,1-4H3. The predicted molar refractivity (Wildman–Crippen MR) is 339 cm³/mol. The van der Waals surface area contributed by atoms with Crippen LogP contribution in [0.1, 0.15) is 451 Å². The second kappa shape index (κ2) is 66.9. The van der Waals surface area contributed by atoms with E-state index in [0.29, 0.717) is 11.8 Å². The number of hydrogen-bond donors (Lipinski definition) is 0. The van der Waals surface area contributed by atoms with Crippen LogP contribution in [0.2, 0.25) is 0 Å². The molecule has 0 aliphatic heterocycles. The topological polar surface area (TPSA) is 17.1 Å². The highest BCUT2D eigenvalue weighted by Gasteiger charge is 2.26. The van der Waals surface area contributed by atoms with E-state index in [4.69, 9.17) is 0 Å². The lowest BCUT2D eigenvalue weighted by molar-refractivity contribution is -0.128. The van der Waals surface area contributed by atoms with Crippen molar-refractivity contribution in [3.05, 3.63) is 0 Å². The van der Waals surface area contributed by atoms with E-state index >= 15 is 0 Å². The van der Waals surface area contributed by atoms with Gasteiger partial charge in [-0.15, -0.1) is 0 Å². The van der Waals surface area contributed by atoms with Crippen molar-refractivity contribution < 1.29 is 4.79 Å². The van der Waals surface area contributed by atoms with Crippen molar-refractivity contribution in [2.75, 3.05) is 0 Å². The summed E-state index contributed by atoms with van der Waals surface area (Å²) in [6.45, 7) is 9.28. The van der Waals surface area contributed by atoms with Crippen molar-refractivity contribution >= 4 is 5.78 Å². The van der Waals surface area contributed by atoms with Crippen LogP contribution in [0.15, 0.2) is 0 Å². The summed E-state index contributed by atoms with van der Waals surface area (Å²) in [5, 5.41) is 0. The molecule has 0 aromatic rings. The molecule has 0 aromatic carbocycles. The van der Waals surface area contributed by atoms with Crippen LogP contribution in [0.25, 0.3) is 0 Å². The molecule has 0 fully saturated rings. The van der Waals surface area contributed by atoms with Crippen LogP contribution in [0, 0.1) is 11.8 Å². The molecule has 0 rings (SSSR count). The number of hydrogen-bond acceptors (Lipinski definition) is 1. The molecule has 0 radical (unpaired) electrons. The molecule has 0 N–H and O–H groups in total. The Hall–Kier alpha value is -0.330. The first-order valence-corrected chi connectivity index (χ1v) is 36.2. The lowest BCUT2D eigenvalue weighted by atomic mass is 9.80. The molecule has 0 heterocycles. The third-order valence-corrected chi connectivity index (χ3v) is 17.9. The molecule has 1 nitrogen and oxygen atoms in total. The third kappa shape index (κ3) is 59.3. The van der Waals surface area contributed by atoms with Crippen LogP contribution in [0.4, 0.5) is 0 Å². The lowest BCUT2D eigenvalue weighted by Crippen LogP contribution is -2.24. The summed E-state index contributed by atoms with van der Waals surface area (Å²) >= 11 is 0. The van der Waals surface area contributed by atoms with Crippen LogP contribution in [-0.2, 0) is 4.79 Å². The highest BCUT2D eigenvalue weighted by molar-refractivity contribution is 5.83. The van der Waals surface area contributed by atoms with Gasteiger partial charge in [-0.1, -0.05) is 426 Å². The van der Waals surface area contributed by atoms with Gasteiger partial charge in [0.1, 0.15) is 5.78 Å². The fourth-order valence-electron chi connectivity index (χ4n) is 12.6. The zero-order chi connectivity index (χ0) is 53.4. The fourth-order valence-corrected chi connectivity index (χ4v) is 12.6. The second-order valence-corrected chi connectivity index (χ2v) is 25.5. The maximum absolute atomic E-state index is 14.8. The summed E-state index contributed by atoms with van der Waals surface area (Å²) < 4.78 is 0. The van der Waals surface area contributed by atoms with Gasteiger partial charge in [-0.3, -0.25) is 4.79 Å². The molecule has 0 aliphatic rings. The molecular formula is C73H146O. The molecular weight excluding hydrogens is 893 g/mol. The highest BCUT2D eigenvalue weighted by atomic mass is 16.1. The molecule has 0 spiro atoms. The predicted octanol–water partition coefficient (Wildman–Crippen LogP) is 27.6. The molecule has 0 bridgehead atoms. The van der Waals surface area contributed by atoms with E-state index in [1.54, 1.807) is 0 Å². The quantitative estimate of drug-likeness (QED) is 0.0555. The van der Waals surface area contributed by atoms with Crippen molar-refractivity contribution in [2.45, 2.75) is 451 Å². The Morgan fingerprint density at radius 1 is 0.162 bits per heavy atom. The first kappa shape index (κ1) is 73.7. The van der Waals surface area contributed by atoms with Gasteiger partial charge in [0.25, 0.3) is 0 Å². The first-order valence-electron chi connectivity index (χ1n) is 36.2. The zero-order valence-electron chi connectivity index (χ0n) is 52.7. The van der Waals surface area contributed by atoms with Crippen LogP contribution in [0.5, 0.6) is 0 Å². The van der Waals surface area contributed by atoms with Gasteiger partial charge in [0.2, 0.25) is 0 Å². The SMILES string of the molecule is CCCCCCCCCCCCCCCCCCCCCC(CCCCCCCCCCCCCC)C(=O)C(CCCCCCCCCCCCCC)CCCCCCCCCCCCCCCCCCCCC. The van der Waals surface area contributed by atoms with Crippen LogP contribution in [0.3, 0.4) is 0 Å². The van der Waals surface area contributed by atoms with Gasteiger partial charge in [-0.25, -0.2) is 0 Å². The Morgan fingerprint density at radius 3 is 0.365 bits per heavy atom. The number of ketones is 1. The number of carbonyl (C=O) groups is 1. The second-order valence-electron chi connectivity index (χ2n) is 25.5. The Morgan fingerprint density at radius 2 is 0.257 bits per heavy atom. The van der Waals surface area contributed by atoms with E-state index in [1.165, 1.54) is 424 Å². The van der Waals surface area contributed by atoms with Gasteiger partial charge >= 0.3 is 0 Å². The summed E-state index contributed by atoms with van der Waals surface area (Å²) in [7, 11) is 0. The van der Waals surface area contributed by atoms with Gasteiger partial charge in [-0.2, -0.15) is 0 Å². The summed E-state index contributed by atoms with van der Waals surface area (Å²) in [6.07, 6.45) is 92.9. The summed E-state index contributed by atoms with van der Waals surface area (Å²) in [5.41, 5.74) is 0. The zero-order valence-corrected chi connectivity index (χ0v) is 52.7. The van der Waals surface area contributed by atoms with Crippen LogP contribution in [-0.4, -0.2) is 5.78 Å². The normalized spacial score (nSPS) is 12.6. The summed E-state index contributed by atoms with van der Waals surface area (Å²) in [4.78, 5) is 14.8. The largest absolute Gasteiger partial charge is 0.299 e. The lowest BCUT2D eigenvalue weighted by Gasteiger charge is -2.23. The number of rotatable bonds is 68. The smallest absolute Gasteiger partial charge is 0.139 e. The molecule has 1 heteroatoms. The maximum atomic E-state index is 14.8. The summed E-state index contributed by atoms with van der Waals surface area (Å²) in [5.74, 6) is 1.40. The van der Waals surface area contributed by atoms with E-state index < -0.39 is 0 Å². The van der Waals surface area contributed by atoms with E-state index in [0.717, 1.165) is 5.78 Å². The van der Waals surface area contributed by atoms with Crippen molar-refractivity contribution in [1.82, 2.24) is 0 Å². The molecule has 444 valence electrons. The van der Waals surface area contributed by atoms with Gasteiger partial charge in [0, 0.05) is 11.8 Å². The Balaban J connectivity index is 4.88. The van der Waals surface area contributed by atoms with Gasteiger partial charge in [0.05, 0.1) is 0 Å². The van der Waals surface area contributed by atoms with Gasteiger partial charge in [-0.05, 0) is 25.7 Å². The molecule has 0 aromatic heterocycles. The van der Waals surface area contributed by atoms with Crippen LogP contribution >= 0.6 is 0 Å². The molecule has 2 unspecified atom stereocenters. The molecule has 0 saturated heterocycles. The molecule has 0 amide bonds. The van der Waals surface area contributed by atoms with Gasteiger partial charge < -0.3 is 0 Å². The van der Waals surface area contributed by atoms with E-state index in [1.807, 2.05) is 0 Å². The Labute approximate surface area is 471 Å². The Bertz CT molecular complexity index is 908. The first-order chi connectivity index (χ1) is 36.7. The van der Waals surface area contributed by atoms with Crippen molar-refractivity contribution in [3.8, 4) is 0 Å². The van der Waals surface area contributed by atoms with Crippen LogP contribution < -0.4 is 0 Å². The maximum Gasteiger partial charge on any atom is 0.139 e. The number of Topliss-reactive ketones (excluding diaryl/α,β-unsaturated/α-hetero) is 1. The molecule has 0 saturated carbocycles. The highest BCUT2D eigenvalue weighted by Crippen LogP contribution is 2.29. The van der Waals surface area contributed by atoms with E-state index in [-0.39, 0.29) is 0 Å². The fraction of sp³-hybridized carbons (Fsp3) is 0.986. The average Bonchev–Trinajstić information content (AvgIpc) is 3.41. The minimum atomic E-state index is 0.339. The van der Waals surface area contributed by atoms with E-state index in [9.17, 15) is 4.79 Å². The van der Waals surface area contributed by atoms with Crippen molar-refractivity contribution in [3.63, 3.8) is 0 Å².